The Labute approximate surface area is 121 Å². The maximum atomic E-state index is 13.9. The molecule has 1 heterocycles. The number of hydrogen-bond acceptors (Lipinski definition) is 1. The van der Waals surface area contributed by atoms with E-state index in [2.05, 4.69) is 0 Å². The minimum Gasteiger partial charge on any atom is -0.343 e. The number of halogens is 2. The van der Waals surface area contributed by atoms with Crippen molar-refractivity contribution in [3.63, 3.8) is 0 Å². The second-order valence-corrected chi connectivity index (χ2v) is 5.17. The summed E-state index contributed by atoms with van der Waals surface area (Å²) in [5, 5.41) is 1.53. The van der Waals surface area contributed by atoms with Crippen LogP contribution < -0.4 is 5.73 Å². The predicted octanol–water partition coefficient (Wildman–Crippen LogP) is 3.94. The number of aromatic nitrogens is 1. The first-order valence-electron chi connectivity index (χ1n) is 6.40. The van der Waals surface area contributed by atoms with E-state index in [0.717, 1.165) is 16.5 Å². The molecule has 0 aliphatic rings. The van der Waals surface area contributed by atoms with E-state index in [1.165, 1.54) is 6.07 Å². The quantitative estimate of drug-likeness (QED) is 0.777. The van der Waals surface area contributed by atoms with Crippen molar-refractivity contribution in [3.8, 4) is 0 Å². The Balaban J connectivity index is 2.03. The van der Waals surface area contributed by atoms with Gasteiger partial charge in [-0.1, -0.05) is 29.8 Å². The fourth-order valence-corrected chi connectivity index (χ4v) is 2.60. The second-order valence-electron chi connectivity index (χ2n) is 4.73. The molecular formula is C16H14ClFN2. The molecule has 0 unspecified atom stereocenters. The van der Waals surface area contributed by atoms with E-state index in [-0.39, 0.29) is 5.82 Å². The number of rotatable bonds is 3. The van der Waals surface area contributed by atoms with Crippen molar-refractivity contribution in [3.05, 3.63) is 70.6 Å². The zero-order chi connectivity index (χ0) is 14.1. The van der Waals surface area contributed by atoms with Gasteiger partial charge in [0.25, 0.3) is 0 Å². The molecule has 0 saturated carbocycles. The first kappa shape index (κ1) is 13.2. The van der Waals surface area contributed by atoms with Crippen LogP contribution in [0.5, 0.6) is 0 Å². The maximum Gasteiger partial charge on any atom is 0.129 e. The molecule has 1 aromatic heterocycles. The molecule has 20 heavy (non-hydrogen) atoms. The topological polar surface area (TPSA) is 30.9 Å². The van der Waals surface area contributed by atoms with Gasteiger partial charge in [-0.05, 0) is 29.8 Å². The van der Waals surface area contributed by atoms with Crippen molar-refractivity contribution in [2.75, 3.05) is 0 Å². The summed E-state index contributed by atoms with van der Waals surface area (Å²) < 4.78 is 15.9. The highest BCUT2D eigenvalue weighted by Crippen LogP contribution is 2.22. The molecule has 0 saturated heterocycles. The van der Waals surface area contributed by atoms with Crippen LogP contribution in [-0.4, -0.2) is 4.57 Å². The van der Waals surface area contributed by atoms with Gasteiger partial charge >= 0.3 is 0 Å². The Bertz CT molecular complexity index is 764. The molecule has 0 aliphatic carbocycles. The lowest BCUT2D eigenvalue weighted by molar-refractivity contribution is 0.602. The average Bonchev–Trinajstić information content (AvgIpc) is 2.85. The Morgan fingerprint density at radius 3 is 2.70 bits per heavy atom. The van der Waals surface area contributed by atoms with Gasteiger partial charge in [0.15, 0.2) is 0 Å². The van der Waals surface area contributed by atoms with Gasteiger partial charge in [-0.3, -0.25) is 0 Å². The summed E-state index contributed by atoms with van der Waals surface area (Å²) >= 11 is 5.77. The minimum atomic E-state index is -0.283. The third kappa shape index (κ3) is 2.30. The van der Waals surface area contributed by atoms with Gasteiger partial charge in [0.2, 0.25) is 0 Å². The van der Waals surface area contributed by atoms with Crippen molar-refractivity contribution in [2.45, 2.75) is 13.1 Å². The third-order valence-corrected chi connectivity index (χ3v) is 3.71. The van der Waals surface area contributed by atoms with E-state index in [4.69, 9.17) is 17.3 Å². The van der Waals surface area contributed by atoms with Crippen LogP contribution in [0, 0.1) is 5.82 Å². The van der Waals surface area contributed by atoms with Crippen LogP contribution >= 0.6 is 11.6 Å². The molecule has 0 amide bonds. The van der Waals surface area contributed by atoms with E-state index in [1.54, 1.807) is 12.1 Å². The summed E-state index contributed by atoms with van der Waals surface area (Å²) in [5.41, 5.74) is 8.50. The van der Waals surface area contributed by atoms with Gasteiger partial charge < -0.3 is 10.3 Å². The normalized spacial score (nSPS) is 11.2. The summed E-state index contributed by atoms with van der Waals surface area (Å²) in [7, 11) is 0. The highest BCUT2D eigenvalue weighted by molar-refractivity contribution is 6.30. The van der Waals surface area contributed by atoms with E-state index in [0.29, 0.717) is 23.7 Å². The van der Waals surface area contributed by atoms with Crippen LogP contribution in [0.3, 0.4) is 0 Å². The van der Waals surface area contributed by atoms with Crippen LogP contribution in [0.4, 0.5) is 4.39 Å². The monoisotopic (exact) mass is 288 g/mol. The van der Waals surface area contributed by atoms with Crippen LogP contribution in [0.25, 0.3) is 10.9 Å². The number of fused-ring (bicyclic) bond motifs is 1. The zero-order valence-corrected chi connectivity index (χ0v) is 11.6. The zero-order valence-electron chi connectivity index (χ0n) is 10.8. The highest BCUT2D eigenvalue weighted by Gasteiger charge is 2.08. The Hall–Kier alpha value is -1.84. The summed E-state index contributed by atoms with van der Waals surface area (Å²) in [6.07, 6.45) is 1.96. The third-order valence-electron chi connectivity index (χ3n) is 3.48. The van der Waals surface area contributed by atoms with Crippen LogP contribution in [-0.2, 0) is 13.1 Å². The molecule has 0 aliphatic heterocycles. The summed E-state index contributed by atoms with van der Waals surface area (Å²) in [6, 6.07) is 12.8. The average molecular weight is 289 g/mol. The number of benzene rings is 2. The van der Waals surface area contributed by atoms with Gasteiger partial charge in [0.1, 0.15) is 5.82 Å². The van der Waals surface area contributed by atoms with Crippen molar-refractivity contribution < 1.29 is 4.39 Å². The standard InChI is InChI=1S/C16H14ClFN2/c17-13-5-4-12(15(18)8-13)10-20-7-6-14-11(9-19)2-1-3-16(14)20/h1-8H,9-10,19H2. The molecule has 2 N–H and O–H groups in total. The van der Waals surface area contributed by atoms with Crippen molar-refractivity contribution >= 4 is 22.5 Å². The Morgan fingerprint density at radius 1 is 1.10 bits per heavy atom. The molecule has 2 aromatic carbocycles. The number of hydrogen-bond donors (Lipinski definition) is 1. The van der Waals surface area contributed by atoms with Crippen molar-refractivity contribution in [1.82, 2.24) is 4.57 Å². The molecule has 2 nitrogen and oxygen atoms in total. The van der Waals surface area contributed by atoms with Gasteiger partial charge in [0.05, 0.1) is 6.54 Å². The smallest absolute Gasteiger partial charge is 0.129 e. The highest BCUT2D eigenvalue weighted by atomic mass is 35.5. The van der Waals surface area contributed by atoms with Gasteiger partial charge in [-0.2, -0.15) is 0 Å². The van der Waals surface area contributed by atoms with E-state index in [9.17, 15) is 4.39 Å². The fraction of sp³-hybridized carbons (Fsp3) is 0.125. The fourth-order valence-electron chi connectivity index (χ4n) is 2.44. The van der Waals surface area contributed by atoms with Crippen molar-refractivity contribution in [1.29, 1.82) is 0 Å². The lowest BCUT2D eigenvalue weighted by Gasteiger charge is -2.08. The summed E-state index contributed by atoms with van der Waals surface area (Å²) in [5.74, 6) is -0.283. The molecule has 3 aromatic rings. The predicted molar refractivity (Wildman–Crippen MR) is 80.3 cm³/mol. The van der Waals surface area contributed by atoms with Crippen LogP contribution in [0.1, 0.15) is 11.1 Å². The molecule has 0 radical (unpaired) electrons. The first-order valence-corrected chi connectivity index (χ1v) is 6.77. The van der Waals surface area contributed by atoms with Gasteiger partial charge in [-0.25, -0.2) is 4.39 Å². The summed E-state index contributed by atoms with van der Waals surface area (Å²) in [6.45, 7) is 0.969. The largest absolute Gasteiger partial charge is 0.343 e. The van der Waals surface area contributed by atoms with Crippen molar-refractivity contribution in [2.24, 2.45) is 5.73 Å². The van der Waals surface area contributed by atoms with Gasteiger partial charge in [-0.15, -0.1) is 0 Å². The second kappa shape index (κ2) is 5.27. The van der Waals surface area contributed by atoms with E-state index >= 15 is 0 Å². The first-order chi connectivity index (χ1) is 9.69. The number of nitrogens with zero attached hydrogens (tertiary/aromatic N) is 1. The molecule has 4 heteroatoms. The van der Waals surface area contributed by atoms with Gasteiger partial charge in [0, 0.05) is 34.2 Å². The van der Waals surface area contributed by atoms with Crippen LogP contribution in [0.2, 0.25) is 5.02 Å². The summed E-state index contributed by atoms with van der Waals surface area (Å²) in [4.78, 5) is 0. The number of nitrogens with two attached hydrogens (primary N) is 1. The van der Waals surface area contributed by atoms with E-state index < -0.39 is 0 Å². The molecule has 0 fully saturated rings. The Morgan fingerprint density at radius 2 is 1.95 bits per heavy atom. The Kier molecular flexibility index (Phi) is 3.47. The SMILES string of the molecule is NCc1cccc2c1ccn2Cc1ccc(Cl)cc1F. The molecule has 0 bridgehead atoms. The molecule has 3 rings (SSSR count). The van der Waals surface area contributed by atoms with Crippen LogP contribution in [0.15, 0.2) is 48.7 Å². The molecule has 102 valence electrons. The molecular weight excluding hydrogens is 275 g/mol. The van der Waals surface area contributed by atoms with E-state index in [1.807, 2.05) is 35.0 Å². The molecule has 0 atom stereocenters. The lowest BCUT2D eigenvalue weighted by Crippen LogP contribution is -2.01. The molecule has 0 spiro atoms. The maximum absolute atomic E-state index is 13.9. The minimum absolute atomic E-state index is 0.283. The lowest BCUT2D eigenvalue weighted by atomic mass is 10.1.